The van der Waals surface area contributed by atoms with Crippen LogP contribution in [0, 0.1) is 19.8 Å². The van der Waals surface area contributed by atoms with Crippen LogP contribution in [0.3, 0.4) is 0 Å². The second-order valence-electron chi connectivity index (χ2n) is 10.0. The molecule has 0 bridgehead atoms. The van der Waals surface area contributed by atoms with E-state index in [4.69, 9.17) is 16.3 Å². The lowest BCUT2D eigenvalue weighted by atomic mass is 9.91. The Morgan fingerprint density at radius 2 is 1.58 bits per heavy atom. The number of ether oxygens (including phenoxy) is 1. The molecule has 2 aliphatic rings. The summed E-state index contributed by atoms with van der Waals surface area (Å²) in [6.45, 7) is 6.65. The smallest absolute Gasteiger partial charge is 0.261 e. The largest absolute Gasteiger partial charge is 0.491 e. The zero-order valence-corrected chi connectivity index (χ0v) is 21.4. The summed E-state index contributed by atoms with van der Waals surface area (Å²) >= 11 is 6.22. The molecule has 0 aromatic heterocycles. The van der Waals surface area contributed by atoms with Gasteiger partial charge in [0, 0.05) is 34.6 Å². The molecule has 3 aromatic carbocycles. The van der Waals surface area contributed by atoms with Crippen molar-refractivity contribution in [2.75, 3.05) is 32.8 Å². The van der Waals surface area contributed by atoms with Crippen LogP contribution in [0.15, 0.2) is 48.5 Å². The number of aliphatic hydroxyl groups is 1. The highest BCUT2D eigenvalue weighted by molar-refractivity contribution is 6.32. The number of β-amino-alcohol motifs (C(OH)–C–C–N with tert-alkyl or cyclic N) is 1. The van der Waals surface area contributed by atoms with Crippen molar-refractivity contribution < 1.29 is 19.4 Å². The van der Waals surface area contributed by atoms with E-state index in [0.29, 0.717) is 30.0 Å². The number of aryl methyl sites for hydroxylation is 2. The molecule has 1 fully saturated rings. The Morgan fingerprint density at radius 3 is 2.17 bits per heavy atom. The molecular formula is C29H31ClN2O4. The van der Waals surface area contributed by atoms with Crippen molar-refractivity contribution in [1.29, 1.82) is 0 Å². The van der Waals surface area contributed by atoms with E-state index in [2.05, 4.69) is 4.90 Å². The molecule has 2 amide bonds. The molecule has 1 N–H and O–H groups in total. The van der Waals surface area contributed by atoms with Crippen molar-refractivity contribution in [2.24, 2.45) is 5.92 Å². The Hall–Kier alpha value is -2.93. The summed E-state index contributed by atoms with van der Waals surface area (Å²) in [6, 6.07) is 15.0. The van der Waals surface area contributed by atoms with E-state index in [9.17, 15) is 14.7 Å². The minimum Gasteiger partial charge on any atom is -0.491 e. The van der Waals surface area contributed by atoms with Crippen LogP contribution in [-0.2, 0) is 0 Å². The van der Waals surface area contributed by atoms with Crippen LogP contribution < -0.4 is 4.74 Å². The van der Waals surface area contributed by atoms with Gasteiger partial charge in [-0.05, 0) is 86.5 Å². The number of nitrogens with zero attached hydrogens (tertiary/aromatic N) is 2. The van der Waals surface area contributed by atoms with Gasteiger partial charge in [0.05, 0.1) is 0 Å². The van der Waals surface area contributed by atoms with Gasteiger partial charge < -0.3 is 14.7 Å². The van der Waals surface area contributed by atoms with Crippen LogP contribution in [0.1, 0.15) is 44.7 Å². The number of likely N-dealkylation sites (tertiary alicyclic amines) is 1. The number of carbonyl (C=O) groups excluding carboxylic acids is 2. The zero-order valence-electron chi connectivity index (χ0n) is 20.7. The molecule has 0 spiro atoms. The van der Waals surface area contributed by atoms with Crippen molar-refractivity contribution >= 4 is 34.2 Å². The van der Waals surface area contributed by atoms with Gasteiger partial charge in [0.2, 0.25) is 0 Å². The van der Waals surface area contributed by atoms with Crippen LogP contribution in [0.25, 0.3) is 10.8 Å². The molecular weight excluding hydrogens is 476 g/mol. The van der Waals surface area contributed by atoms with E-state index in [1.807, 2.05) is 62.4 Å². The van der Waals surface area contributed by atoms with Gasteiger partial charge in [0.1, 0.15) is 18.5 Å². The maximum Gasteiger partial charge on any atom is 0.261 e. The van der Waals surface area contributed by atoms with E-state index in [-0.39, 0.29) is 24.3 Å². The maximum atomic E-state index is 13.2. The first-order chi connectivity index (χ1) is 17.3. The van der Waals surface area contributed by atoms with Crippen LogP contribution in [0.4, 0.5) is 0 Å². The monoisotopic (exact) mass is 506 g/mol. The Labute approximate surface area is 216 Å². The summed E-state index contributed by atoms with van der Waals surface area (Å²) in [4.78, 5) is 30.0. The number of benzene rings is 3. The summed E-state index contributed by atoms with van der Waals surface area (Å²) in [5, 5.41) is 12.9. The minimum absolute atomic E-state index is 0.202. The van der Waals surface area contributed by atoms with Gasteiger partial charge in [-0.25, -0.2) is 0 Å². The van der Waals surface area contributed by atoms with E-state index >= 15 is 0 Å². The fourth-order valence-corrected chi connectivity index (χ4v) is 5.50. The highest BCUT2D eigenvalue weighted by Crippen LogP contribution is 2.31. The van der Waals surface area contributed by atoms with Crippen LogP contribution in [-0.4, -0.2) is 65.6 Å². The molecule has 0 saturated carbocycles. The fraction of sp³-hybridized carbons (Fsp3) is 0.379. The molecule has 5 rings (SSSR count). The quantitative estimate of drug-likeness (QED) is 0.463. The third-order valence-electron chi connectivity index (χ3n) is 7.33. The first-order valence-corrected chi connectivity index (χ1v) is 12.9. The van der Waals surface area contributed by atoms with Crippen LogP contribution in [0.2, 0.25) is 5.02 Å². The summed E-state index contributed by atoms with van der Waals surface area (Å²) in [5.74, 6) is 0.547. The first kappa shape index (κ1) is 24.8. The van der Waals surface area contributed by atoms with E-state index in [1.165, 1.54) is 4.90 Å². The van der Waals surface area contributed by atoms with Crippen molar-refractivity contribution in [3.8, 4) is 5.75 Å². The Morgan fingerprint density at radius 1 is 1.00 bits per heavy atom. The molecule has 3 aromatic rings. The third-order valence-corrected chi connectivity index (χ3v) is 7.92. The van der Waals surface area contributed by atoms with E-state index in [1.54, 1.807) is 0 Å². The number of hydrogen-bond donors (Lipinski definition) is 1. The molecule has 0 radical (unpaired) electrons. The molecule has 1 atom stereocenters. The summed E-state index contributed by atoms with van der Waals surface area (Å²) in [5.41, 5.74) is 3.12. The van der Waals surface area contributed by atoms with Crippen molar-refractivity contribution in [3.05, 3.63) is 75.8 Å². The highest BCUT2D eigenvalue weighted by Gasteiger charge is 2.34. The van der Waals surface area contributed by atoms with Gasteiger partial charge in [-0.2, -0.15) is 0 Å². The number of amides is 2. The van der Waals surface area contributed by atoms with Crippen molar-refractivity contribution in [2.45, 2.75) is 32.8 Å². The molecule has 7 heteroatoms. The minimum atomic E-state index is -0.611. The van der Waals surface area contributed by atoms with E-state index < -0.39 is 6.10 Å². The summed E-state index contributed by atoms with van der Waals surface area (Å²) in [7, 11) is 0. The standard InChI is InChI=1S/C29H31ClN2O4/c1-18-13-23(14-19(2)27(18)30)36-17-22(33)16-31-11-9-20(10-12-31)15-32-28(34)24-7-3-5-21-6-4-8-25(26(21)24)29(32)35/h3-8,13-14,20,22,33H,9-12,15-17H2,1-2H3/t22-/m1/s1. The molecule has 188 valence electrons. The highest BCUT2D eigenvalue weighted by atomic mass is 35.5. The van der Waals surface area contributed by atoms with Gasteiger partial charge >= 0.3 is 0 Å². The van der Waals surface area contributed by atoms with Crippen molar-refractivity contribution in [3.63, 3.8) is 0 Å². The predicted octanol–water partition coefficient (Wildman–Crippen LogP) is 4.86. The molecule has 2 aliphatic heterocycles. The Balaban J connectivity index is 1.14. The fourth-order valence-electron chi connectivity index (χ4n) is 5.39. The zero-order chi connectivity index (χ0) is 25.4. The number of rotatable bonds is 7. The molecule has 0 aliphatic carbocycles. The normalized spacial score (nSPS) is 17.6. The predicted molar refractivity (Wildman–Crippen MR) is 141 cm³/mol. The third kappa shape index (κ3) is 4.85. The summed E-state index contributed by atoms with van der Waals surface area (Å²) in [6.07, 6.45) is 1.12. The van der Waals surface area contributed by atoms with Gasteiger partial charge in [-0.1, -0.05) is 35.9 Å². The number of hydrogen-bond acceptors (Lipinski definition) is 5. The number of aliphatic hydroxyl groups excluding tert-OH is 1. The number of imide groups is 1. The average Bonchev–Trinajstić information content (AvgIpc) is 2.88. The maximum absolute atomic E-state index is 13.2. The van der Waals surface area contributed by atoms with Crippen LogP contribution in [0.5, 0.6) is 5.75 Å². The number of halogens is 1. The molecule has 1 saturated heterocycles. The van der Waals surface area contributed by atoms with Gasteiger partial charge in [0.25, 0.3) is 11.8 Å². The number of carbonyl (C=O) groups is 2. The lowest BCUT2D eigenvalue weighted by molar-refractivity contribution is 0.0453. The SMILES string of the molecule is Cc1cc(OC[C@H](O)CN2CCC(CN3C(=O)c4cccc5cccc(c45)C3=O)CC2)cc(C)c1Cl. The molecule has 6 nitrogen and oxygen atoms in total. The lowest BCUT2D eigenvalue weighted by Crippen LogP contribution is -2.46. The topological polar surface area (TPSA) is 70.1 Å². The lowest BCUT2D eigenvalue weighted by Gasteiger charge is -2.36. The Bertz CT molecular complexity index is 1240. The second-order valence-corrected chi connectivity index (χ2v) is 10.4. The van der Waals surface area contributed by atoms with Gasteiger partial charge in [0.15, 0.2) is 0 Å². The molecule has 36 heavy (non-hydrogen) atoms. The van der Waals surface area contributed by atoms with Crippen molar-refractivity contribution in [1.82, 2.24) is 9.80 Å². The first-order valence-electron chi connectivity index (χ1n) is 12.5. The van der Waals surface area contributed by atoms with Gasteiger partial charge in [-0.15, -0.1) is 0 Å². The van der Waals surface area contributed by atoms with Gasteiger partial charge in [-0.3, -0.25) is 14.5 Å². The summed E-state index contributed by atoms with van der Waals surface area (Å²) < 4.78 is 5.81. The molecule has 0 unspecified atom stereocenters. The number of piperidine rings is 1. The van der Waals surface area contributed by atoms with E-state index in [0.717, 1.165) is 52.9 Å². The Kier molecular flexibility index (Phi) is 7.02. The molecule has 2 heterocycles. The van der Waals surface area contributed by atoms with Crippen LogP contribution >= 0.6 is 11.6 Å². The average molecular weight is 507 g/mol. The second kappa shape index (κ2) is 10.2.